The zero-order valence-corrected chi connectivity index (χ0v) is 15.9. The molecule has 0 heterocycles. The van der Waals surface area contributed by atoms with Gasteiger partial charge in [-0.2, -0.15) is 0 Å². The highest BCUT2D eigenvalue weighted by molar-refractivity contribution is 5.94. The lowest BCUT2D eigenvalue weighted by molar-refractivity contribution is -0.118. The molecule has 0 aromatic heterocycles. The third-order valence-electron chi connectivity index (χ3n) is 3.98. The molecule has 2 amide bonds. The summed E-state index contributed by atoms with van der Waals surface area (Å²) >= 11 is 0. The number of anilines is 1. The van der Waals surface area contributed by atoms with Crippen LogP contribution in [0.5, 0.6) is 0 Å². The molecule has 2 rings (SSSR count). The number of carbonyl (C=O) groups excluding carboxylic acids is 2. The Morgan fingerprint density at radius 2 is 1.78 bits per heavy atom. The van der Waals surface area contributed by atoms with Crippen LogP contribution in [0.25, 0.3) is 11.1 Å². The van der Waals surface area contributed by atoms with Crippen LogP contribution in [0.1, 0.15) is 43.1 Å². The summed E-state index contributed by atoms with van der Waals surface area (Å²) in [5.41, 5.74) is 5.43. The third kappa shape index (κ3) is 5.91. The molecule has 144 valence electrons. The summed E-state index contributed by atoms with van der Waals surface area (Å²) in [7, 11) is 0. The van der Waals surface area contributed by atoms with Gasteiger partial charge in [-0.05, 0) is 53.4 Å². The average Bonchev–Trinajstić information content (AvgIpc) is 2.67. The number of amides is 2. The monoisotopic (exact) mass is 370 g/mol. The molecule has 0 aliphatic heterocycles. The molecule has 6 nitrogen and oxygen atoms in total. The number of hydrogen-bond donors (Lipinski definition) is 3. The first kappa shape index (κ1) is 20.6. The molecule has 27 heavy (non-hydrogen) atoms. The Morgan fingerprint density at radius 1 is 1.07 bits per heavy atom. The standard InChI is InChI=1S/C21H26N2O4/c1-4-9-27-13-15-10-18(12-19(11-15)22-20(24)14(2)3)16-5-7-17(8-6-16)21(25)23-26/h5-8,10-12,14,26H,4,9,13H2,1-3H3,(H,22,24)(H,23,25). The summed E-state index contributed by atoms with van der Waals surface area (Å²) in [5.74, 6) is -0.736. The first-order valence-electron chi connectivity index (χ1n) is 9.02. The molecule has 2 aromatic rings. The molecule has 0 fully saturated rings. The maximum atomic E-state index is 12.1. The summed E-state index contributed by atoms with van der Waals surface area (Å²) in [4.78, 5) is 23.6. The second-order valence-corrected chi connectivity index (χ2v) is 6.63. The second kappa shape index (κ2) is 9.85. The van der Waals surface area contributed by atoms with Crippen LogP contribution in [0.4, 0.5) is 5.69 Å². The van der Waals surface area contributed by atoms with Crippen LogP contribution in [-0.2, 0) is 16.1 Å². The first-order chi connectivity index (χ1) is 12.9. The van der Waals surface area contributed by atoms with Crippen LogP contribution < -0.4 is 10.8 Å². The van der Waals surface area contributed by atoms with Crippen molar-refractivity contribution in [3.05, 3.63) is 53.6 Å². The van der Waals surface area contributed by atoms with Gasteiger partial charge in [0.1, 0.15) is 0 Å². The minimum Gasteiger partial charge on any atom is -0.377 e. The van der Waals surface area contributed by atoms with Gasteiger partial charge in [0.05, 0.1) is 6.61 Å². The molecule has 2 aromatic carbocycles. The fourth-order valence-corrected chi connectivity index (χ4v) is 2.51. The SMILES string of the molecule is CCCOCc1cc(NC(=O)C(C)C)cc(-c2ccc(C(=O)NO)cc2)c1. The van der Waals surface area contributed by atoms with E-state index >= 15 is 0 Å². The summed E-state index contributed by atoms with van der Waals surface area (Å²) in [6.07, 6.45) is 0.936. The van der Waals surface area contributed by atoms with Crippen molar-refractivity contribution < 1.29 is 19.5 Å². The van der Waals surface area contributed by atoms with E-state index in [4.69, 9.17) is 9.94 Å². The van der Waals surface area contributed by atoms with Crippen molar-refractivity contribution in [2.75, 3.05) is 11.9 Å². The van der Waals surface area contributed by atoms with Crippen molar-refractivity contribution in [2.24, 2.45) is 5.92 Å². The number of ether oxygens (including phenoxy) is 1. The molecule has 0 spiro atoms. The lowest BCUT2D eigenvalue weighted by Crippen LogP contribution is -2.18. The second-order valence-electron chi connectivity index (χ2n) is 6.63. The average molecular weight is 370 g/mol. The van der Waals surface area contributed by atoms with Crippen LogP contribution in [0.15, 0.2) is 42.5 Å². The van der Waals surface area contributed by atoms with E-state index in [-0.39, 0.29) is 11.8 Å². The van der Waals surface area contributed by atoms with Crippen molar-refractivity contribution in [3.8, 4) is 11.1 Å². The number of rotatable bonds is 8. The van der Waals surface area contributed by atoms with Crippen molar-refractivity contribution in [3.63, 3.8) is 0 Å². The van der Waals surface area contributed by atoms with Gasteiger partial charge in [-0.25, -0.2) is 5.48 Å². The summed E-state index contributed by atoms with van der Waals surface area (Å²) in [6, 6.07) is 12.7. The van der Waals surface area contributed by atoms with Gasteiger partial charge in [0, 0.05) is 23.8 Å². The van der Waals surface area contributed by atoms with Crippen molar-refractivity contribution in [1.82, 2.24) is 5.48 Å². The third-order valence-corrected chi connectivity index (χ3v) is 3.98. The van der Waals surface area contributed by atoms with Gasteiger partial charge in [0.15, 0.2) is 0 Å². The molecule has 0 unspecified atom stereocenters. The molecule has 0 aliphatic rings. The Kier molecular flexibility index (Phi) is 7.52. The van der Waals surface area contributed by atoms with Gasteiger partial charge < -0.3 is 10.1 Å². The molecule has 0 saturated carbocycles. The van der Waals surface area contributed by atoms with Crippen LogP contribution in [0.2, 0.25) is 0 Å². The topological polar surface area (TPSA) is 87.7 Å². The fourth-order valence-electron chi connectivity index (χ4n) is 2.51. The van der Waals surface area contributed by atoms with Gasteiger partial charge in [-0.15, -0.1) is 0 Å². The van der Waals surface area contributed by atoms with Crippen LogP contribution in [-0.4, -0.2) is 23.6 Å². The normalized spacial score (nSPS) is 10.7. The van der Waals surface area contributed by atoms with E-state index in [2.05, 4.69) is 12.2 Å². The fraction of sp³-hybridized carbons (Fsp3) is 0.333. The van der Waals surface area contributed by atoms with Crippen molar-refractivity contribution in [1.29, 1.82) is 0 Å². The molecular weight excluding hydrogens is 344 g/mol. The van der Waals surface area contributed by atoms with Crippen molar-refractivity contribution >= 4 is 17.5 Å². The predicted octanol–water partition coefficient (Wildman–Crippen LogP) is 3.99. The predicted molar refractivity (Wildman–Crippen MR) is 105 cm³/mol. The Balaban J connectivity index is 2.33. The molecular formula is C21H26N2O4. The zero-order valence-electron chi connectivity index (χ0n) is 15.9. The molecule has 3 N–H and O–H groups in total. The smallest absolute Gasteiger partial charge is 0.274 e. The van der Waals surface area contributed by atoms with Gasteiger partial charge in [0.25, 0.3) is 5.91 Å². The summed E-state index contributed by atoms with van der Waals surface area (Å²) in [6.45, 7) is 6.86. The summed E-state index contributed by atoms with van der Waals surface area (Å²) in [5, 5.41) is 11.7. The molecule has 0 saturated heterocycles. The lowest BCUT2D eigenvalue weighted by atomic mass is 10.0. The quantitative estimate of drug-likeness (QED) is 0.372. The van der Waals surface area contributed by atoms with E-state index in [0.29, 0.717) is 24.5 Å². The Hall–Kier alpha value is -2.70. The van der Waals surface area contributed by atoms with Gasteiger partial charge >= 0.3 is 0 Å². The molecule has 0 radical (unpaired) electrons. The van der Waals surface area contributed by atoms with E-state index in [1.807, 2.05) is 32.0 Å². The number of carbonyl (C=O) groups is 2. The van der Waals surface area contributed by atoms with E-state index in [9.17, 15) is 9.59 Å². The van der Waals surface area contributed by atoms with Crippen molar-refractivity contribution in [2.45, 2.75) is 33.8 Å². The number of hydrogen-bond acceptors (Lipinski definition) is 4. The van der Waals surface area contributed by atoms with Crippen LogP contribution >= 0.6 is 0 Å². The number of hydroxylamine groups is 1. The largest absolute Gasteiger partial charge is 0.377 e. The van der Waals surface area contributed by atoms with Gasteiger partial charge in [0.2, 0.25) is 5.91 Å². The molecule has 6 heteroatoms. The van der Waals surface area contributed by atoms with E-state index in [0.717, 1.165) is 23.1 Å². The first-order valence-corrected chi connectivity index (χ1v) is 9.02. The van der Waals surface area contributed by atoms with E-state index in [1.165, 1.54) is 0 Å². The highest BCUT2D eigenvalue weighted by Gasteiger charge is 2.11. The number of benzene rings is 2. The molecule has 0 aliphatic carbocycles. The maximum absolute atomic E-state index is 12.1. The molecule has 0 atom stereocenters. The van der Waals surface area contributed by atoms with Crippen LogP contribution in [0.3, 0.4) is 0 Å². The maximum Gasteiger partial charge on any atom is 0.274 e. The summed E-state index contributed by atoms with van der Waals surface area (Å²) < 4.78 is 5.64. The van der Waals surface area contributed by atoms with Crippen LogP contribution in [0, 0.1) is 5.92 Å². The molecule has 0 bridgehead atoms. The Morgan fingerprint density at radius 3 is 2.37 bits per heavy atom. The minimum absolute atomic E-state index is 0.0532. The Labute approximate surface area is 159 Å². The van der Waals surface area contributed by atoms with E-state index < -0.39 is 5.91 Å². The highest BCUT2D eigenvalue weighted by atomic mass is 16.5. The van der Waals surface area contributed by atoms with E-state index in [1.54, 1.807) is 29.7 Å². The highest BCUT2D eigenvalue weighted by Crippen LogP contribution is 2.26. The van der Waals surface area contributed by atoms with Gasteiger partial charge in [-0.1, -0.05) is 32.9 Å². The lowest BCUT2D eigenvalue weighted by Gasteiger charge is -2.13. The Bertz CT molecular complexity index is 785. The van der Waals surface area contributed by atoms with Gasteiger partial charge in [-0.3, -0.25) is 14.8 Å². The minimum atomic E-state index is -0.562. The zero-order chi connectivity index (χ0) is 19.8. The number of nitrogens with one attached hydrogen (secondary N) is 2.